The van der Waals surface area contributed by atoms with Crippen molar-refractivity contribution in [1.82, 2.24) is 9.55 Å². The Kier molecular flexibility index (Phi) is 3.91. The normalized spacial score (nSPS) is 20.6. The van der Waals surface area contributed by atoms with E-state index in [0.717, 1.165) is 0 Å². The lowest BCUT2D eigenvalue weighted by atomic mass is 10.1. The Bertz CT molecular complexity index is 493. The second kappa shape index (κ2) is 5.30. The topological polar surface area (TPSA) is 67.6 Å². The number of aliphatic hydroxyl groups excluding tert-OH is 1. The molecule has 1 atom stereocenters. The highest BCUT2D eigenvalue weighted by atomic mass is 16.5. The van der Waals surface area contributed by atoms with Crippen LogP contribution in [0.2, 0.25) is 0 Å². The number of aliphatic hydroxyl groups is 1. The van der Waals surface area contributed by atoms with Crippen molar-refractivity contribution in [2.75, 3.05) is 31.3 Å². The van der Waals surface area contributed by atoms with Gasteiger partial charge in [0, 0.05) is 24.5 Å². The van der Waals surface area contributed by atoms with Crippen LogP contribution >= 0.6 is 0 Å². The van der Waals surface area contributed by atoms with Gasteiger partial charge in [0.25, 0.3) is 5.56 Å². The summed E-state index contributed by atoms with van der Waals surface area (Å²) in [7, 11) is 0. The van der Waals surface area contributed by atoms with Gasteiger partial charge in [0.05, 0.1) is 25.9 Å². The van der Waals surface area contributed by atoms with Crippen LogP contribution in [-0.4, -0.2) is 47.1 Å². The maximum Gasteiger partial charge on any atom is 0.294 e. The van der Waals surface area contributed by atoms with Crippen LogP contribution < -0.4 is 10.5 Å². The van der Waals surface area contributed by atoms with Crippen LogP contribution in [0.1, 0.15) is 20.8 Å². The lowest BCUT2D eigenvalue weighted by Crippen LogP contribution is -2.51. The second-order valence-electron chi connectivity index (χ2n) is 5.70. The number of rotatable bonds is 2. The third-order valence-electron chi connectivity index (χ3n) is 3.26. The zero-order valence-electron chi connectivity index (χ0n) is 11.7. The summed E-state index contributed by atoms with van der Waals surface area (Å²) in [6.45, 7) is 7.40. The van der Waals surface area contributed by atoms with E-state index in [1.54, 1.807) is 17.0 Å². The molecule has 2 rings (SSSR count). The first-order valence-corrected chi connectivity index (χ1v) is 6.48. The number of nitrogens with zero attached hydrogens (tertiary/aromatic N) is 3. The van der Waals surface area contributed by atoms with Crippen molar-refractivity contribution in [1.29, 1.82) is 0 Å². The molecule has 106 valence electrons. The average molecular weight is 267 g/mol. The molecule has 1 aromatic heterocycles. The zero-order valence-corrected chi connectivity index (χ0v) is 11.7. The Balaban J connectivity index is 2.42. The van der Waals surface area contributed by atoms with E-state index in [0.29, 0.717) is 25.6 Å². The molecule has 0 amide bonds. The van der Waals surface area contributed by atoms with Crippen LogP contribution in [-0.2, 0) is 10.3 Å². The van der Waals surface area contributed by atoms with Gasteiger partial charge in [0.2, 0.25) is 0 Å². The molecule has 1 unspecified atom stereocenters. The summed E-state index contributed by atoms with van der Waals surface area (Å²) in [5.41, 5.74) is -0.425. The maximum absolute atomic E-state index is 12.5. The molecule has 0 saturated carbocycles. The van der Waals surface area contributed by atoms with E-state index >= 15 is 0 Å². The molecule has 1 aliphatic heterocycles. The molecule has 1 aromatic rings. The van der Waals surface area contributed by atoms with Crippen LogP contribution in [0.4, 0.5) is 5.82 Å². The van der Waals surface area contributed by atoms with E-state index in [2.05, 4.69) is 4.98 Å². The van der Waals surface area contributed by atoms with Gasteiger partial charge in [-0.2, -0.15) is 0 Å². The van der Waals surface area contributed by atoms with Gasteiger partial charge in [-0.3, -0.25) is 4.79 Å². The molecule has 0 spiro atoms. The summed E-state index contributed by atoms with van der Waals surface area (Å²) in [6.07, 6.45) is 3.33. The van der Waals surface area contributed by atoms with Crippen molar-refractivity contribution < 1.29 is 9.84 Å². The third kappa shape index (κ3) is 2.79. The fourth-order valence-corrected chi connectivity index (χ4v) is 2.21. The fraction of sp³-hybridized carbons (Fsp3) is 0.692. The third-order valence-corrected chi connectivity index (χ3v) is 3.26. The predicted molar refractivity (Wildman–Crippen MR) is 72.5 cm³/mol. The number of hydrogen-bond donors (Lipinski definition) is 1. The summed E-state index contributed by atoms with van der Waals surface area (Å²) in [4.78, 5) is 18.6. The van der Waals surface area contributed by atoms with E-state index in [1.807, 2.05) is 25.7 Å². The first kappa shape index (κ1) is 14.0. The van der Waals surface area contributed by atoms with Crippen LogP contribution in [0.3, 0.4) is 0 Å². The standard InChI is InChI=1S/C13H21N3O3/c1-13(2,3)16-5-4-14-11(12(16)18)15-6-7-19-9-10(15)8-17/h4-5,10,17H,6-9H2,1-3H3. The predicted octanol–water partition coefficient (Wildman–Crippen LogP) is 0.196. The molecule has 1 N–H and O–H groups in total. The minimum Gasteiger partial charge on any atom is -0.394 e. The van der Waals surface area contributed by atoms with Gasteiger partial charge in [0.15, 0.2) is 5.82 Å². The molecule has 0 radical (unpaired) electrons. The molecule has 0 aromatic carbocycles. The van der Waals surface area contributed by atoms with Crippen molar-refractivity contribution in [2.24, 2.45) is 0 Å². The van der Waals surface area contributed by atoms with E-state index < -0.39 is 0 Å². The number of anilines is 1. The smallest absolute Gasteiger partial charge is 0.294 e. The fourth-order valence-electron chi connectivity index (χ4n) is 2.21. The molecular formula is C13H21N3O3. The Morgan fingerprint density at radius 3 is 2.89 bits per heavy atom. The molecule has 0 bridgehead atoms. The lowest BCUT2D eigenvalue weighted by molar-refractivity contribution is 0.0720. The van der Waals surface area contributed by atoms with Crippen molar-refractivity contribution in [2.45, 2.75) is 32.4 Å². The van der Waals surface area contributed by atoms with Gasteiger partial charge in [-0.25, -0.2) is 4.98 Å². The minimum atomic E-state index is -0.296. The highest BCUT2D eigenvalue weighted by Gasteiger charge is 2.27. The Morgan fingerprint density at radius 1 is 1.53 bits per heavy atom. The quantitative estimate of drug-likeness (QED) is 0.829. The highest BCUT2D eigenvalue weighted by Crippen LogP contribution is 2.16. The molecule has 6 heteroatoms. The Morgan fingerprint density at radius 2 is 2.26 bits per heavy atom. The van der Waals surface area contributed by atoms with Gasteiger partial charge < -0.3 is 19.3 Å². The SMILES string of the molecule is CC(C)(C)n1ccnc(N2CCOCC2CO)c1=O. The molecule has 19 heavy (non-hydrogen) atoms. The van der Waals surface area contributed by atoms with Crippen molar-refractivity contribution in [3.05, 3.63) is 22.7 Å². The number of hydrogen-bond acceptors (Lipinski definition) is 5. The molecule has 0 aliphatic carbocycles. The van der Waals surface area contributed by atoms with Crippen molar-refractivity contribution in [3.8, 4) is 0 Å². The minimum absolute atomic E-state index is 0.0501. The maximum atomic E-state index is 12.5. The molecule has 1 fully saturated rings. The number of ether oxygens (including phenoxy) is 1. The van der Waals surface area contributed by atoms with Gasteiger partial charge in [-0.05, 0) is 20.8 Å². The Labute approximate surface area is 112 Å². The second-order valence-corrected chi connectivity index (χ2v) is 5.70. The average Bonchev–Trinajstić information content (AvgIpc) is 2.37. The summed E-state index contributed by atoms with van der Waals surface area (Å²) < 4.78 is 6.99. The van der Waals surface area contributed by atoms with Gasteiger partial charge >= 0.3 is 0 Å². The molecule has 1 saturated heterocycles. The first-order chi connectivity index (χ1) is 8.95. The van der Waals surface area contributed by atoms with Crippen LogP contribution in [0, 0.1) is 0 Å². The van der Waals surface area contributed by atoms with Crippen molar-refractivity contribution >= 4 is 5.82 Å². The Hall–Kier alpha value is -1.40. The lowest BCUT2D eigenvalue weighted by Gasteiger charge is -2.35. The molecular weight excluding hydrogens is 246 g/mol. The summed E-state index contributed by atoms with van der Waals surface area (Å²) in [5, 5.41) is 9.38. The first-order valence-electron chi connectivity index (χ1n) is 6.48. The molecule has 6 nitrogen and oxygen atoms in total. The zero-order chi connectivity index (χ0) is 14.0. The number of aromatic nitrogens is 2. The summed E-state index contributed by atoms with van der Waals surface area (Å²) in [6, 6.07) is -0.204. The summed E-state index contributed by atoms with van der Waals surface area (Å²) in [5.74, 6) is 0.389. The highest BCUT2D eigenvalue weighted by molar-refractivity contribution is 5.38. The van der Waals surface area contributed by atoms with Crippen molar-refractivity contribution in [3.63, 3.8) is 0 Å². The van der Waals surface area contributed by atoms with Gasteiger partial charge in [0.1, 0.15) is 0 Å². The monoisotopic (exact) mass is 267 g/mol. The van der Waals surface area contributed by atoms with E-state index in [1.165, 1.54) is 0 Å². The van der Waals surface area contributed by atoms with Crippen LogP contribution in [0.15, 0.2) is 17.2 Å². The van der Waals surface area contributed by atoms with Gasteiger partial charge in [-0.15, -0.1) is 0 Å². The van der Waals surface area contributed by atoms with E-state index in [9.17, 15) is 9.90 Å². The van der Waals surface area contributed by atoms with E-state index in [-0.39, 0.29) is 23.7 Å². The van der Waals surface area contributed by atoms with Crippen LogP contribution in [0.5, 0.6) is 0 Å². The molecule has 1 aliphatic rings. The van der Waals surface area contributed by atoms with Gasteiger partial charge in [-0.1, -0.05) is 0 Å². The summed E-state index contributed by atoms with van der Waals surface area (Å²) >= 11 is 0. The molecule has 2 heterocycles. The van der Waals surface area contributed by atoms with Crippen LogP contribution in [0.25, 0.3) is 0 Å². The largest absolute Gasteiger partial charge is 0.394 e. The number of morpholine rings is 1. The van der Waals surface area contributed by atoms with E-state index in [4.69, 9.17) is 4.74 Å².